The summed E-state index contributed by atoms with van der Waals surface area (Å²) in [6.45, 7) is 8.77. The van der Waals surface area contributed by atoms with E-state index in [0.29, 0.717) is 30.5 Å². The fraction of sp³-hybridized carbons (Fsp3) is 0.333. The fourth-order valence-corrected chi connectivity index (χ4v) is 2.46. The highest BCUT2D eigenvalue weighted by Gasteiger charge is 2.06. The molecule has 6 nitrogen and oxygen atoms in total. The summed E-state index contributed by atoms with van der Waals surface area (Å²) in [6.07, 6.45) is 1.55. The van der Waals surface area contributed by atoms with Crippen LogP contribution < -0.4 is 19.6 Å². The smallest absolute Gasteiger partial charge is 0.277 e. The van der Waals surface area contributed by atoms with Gasteiger partial charge in [0, 0.05) is 0 Å². The zero-order valence-corrected chi connectivity index (χ0v) is 16.2. The predicted octanol–water partition coefficient (Wildman–Crippen LogP) is 3.63. The van der Waals surface area contributed by atoms with Crippen molar-refractivity contribution < 1.29 is 19.0 Å². The van der Waals surface area contributed by atoms with Crippen LogP contribution in [0, 0.1) is 13.8 Å². The maximum Gasteiger partial charge on any atom is 0.277 e. The second kappa shape index (κ2) is 10.2. The number of nitrogens with one attached hydrogen (secondary N) is 1. The SMILES string of the molecule is CCOc1ccc(C=NNC(=O)COc2ccc(C)cc2C)cc1OCC. The van der Waals surface area contributed by atoms with Gasteiger partial charge in [0.25, 0.3) is 5.91 Å². The van der Waals surface area contributed by atoms with Gasteiger partial charge in [-0.05, 0) is 63.1 Å². The van der Waals surface area contributed by atoms with Crippen LogP contribution in [0.5, 0.6) is 17.2 Å². The lowest BCUT2D eigenvalue weighted by Gasteiger charge is -2.11. The molecule has 0 aromatic heterocycles. The van der Waals surface area contributed by atoms with Crippen molar-refractivity contribution >= 4 is 12.1 Å². The van der Waals surface area contributed by atoms with Crippen LogP contribution >= 0.6 is 0 Å². The molecule has 0 heterocycles. The first-order valence-electron chi connectivity index (χ1n) is 8.95. The number of benzene rings is 2. The van der Waals surface area contributed by atoms with Gasteiger partial charge in [-0.2, -0.15) is 5.10 Å². The molecule has 0 fully saturated rings. The summed E-state index contributed by atoms with van der Waals surface area (Å²) in [5.74, 6) is 1.69. The number of nitrogens with zero attached hydrogens (tertiary/aromatic N) is 1. The van der Waals surface area contributed by atoms with Crippen molar-refractivity contribution in [1.29, 1.82) is 0 Å². The summed E-state index contributed by atoms with van der Waals surface area (Å²) in [5, 5.41) is 3.97. The maximum absolute atomic E-state index is 11.9. The molecule has 1 amide bonds. The van der Waals surface area contributed by atoms with Crippen molar-refractivity contribution in [1.82, 2.24) is 5.43 Å². The Kier molecular flexibility index (Phi) is 7.67. The van der Waals surface area contributed by atoms with E-state index >= 15 is 0 Å². The van der Waals surface area contributed by atoms with Crippen LogP contribution in [0.4, 0.5) is 0 Å². The highest BCUT2D eigenvalue weighted by Crippen LogP contribution is 2.28. The molecule has 6 heteroatoms. The van der Waals surface area contributed by atoms with E-state index in [1.54, 1.807) is 6.21 Å². The molecule has 27 heavy (non-hydrogen) atoms. The molecule has 0 aliphatic heterocycles. The average molecular weight is 370 g/mol. The monoisotopic (exact) mass is 370 g/mol. The summed E-state index contributed by atoms with van der Waals surface area (Å²) in [5.41, 5.74) is 5.38. The zero-order valence-electron chi connectivity index (χ0n) is 16.2. The van der Waals surface area contributed by atoms with Gasteiger partial charge in [0.15, 0.2) is 18.1 Å². The first-order chi connectivity index (χ1) is 13.0. The topological polar surface area (TPSA) is 69.2 Å². The Bertz CT molecular complexity index is 803. The number of ether oxygens (including phenoxy) is 3. The lowest BCUT2D eigenvalue weighted by atomic mass is 10.1. The minimum atomic E-state index is -0.331. The first-order valence-corrected chi connectivity index (χ1v) is 8.95. The Morgan fingerprint density at radius 2 is 1.67 bits per heavy atom. The van der Waals surface area contributed by atoms with Gasteiger partial charge in [-0.25, -0.2) is 5.43 Å². The van der Waals surface area contributed by atoms with Crippen molar-refractivity contribution in [2.75, 3.05) is 19.8 Å². The molecule has 1 N–H and O–H groups in total. The summed E-state index contributed by atoms with van der Waals surface area (Å²) >= 11 is 0. The van der Waals surface area contributed by atoms with Gasteiger partial charge in [-0.1, -0.05) is 17.7 Å². The van der Waals surface area contributed by atoms with E-state index in [1.165, 1.54) is 0 Å². The molecular weight excluding hydrogens is 344 g/mol. The highest BCUT2D eigenvalue weighted by atomic mass is 16.5. The van der Waals surface area contributed by atoms with Crippen LogP contribution in [-0.2, 0) is 4.79 Å². The first kappa shape index (κ1) is 20.3. The minimum absolute atomic E-state index is 0.102. The number of hydrogen-bond acceptors (Lipinski definition) is 5. The molecule has 0 aliphatic carbocycles. The Morgan fingerprint density at radius 1 is 0.963 bits per heavy atom. The summed E-state index contributed by atoms with van der Waals surface area (Å²) < 4.78 is 16.6. The summed E-state index contributed by atoms with van der Waals surface area (Å²) in [6, 6.07) is 11.3. The van der Waals surface area contributed by atoms with E-state index < -0.39 is 0 Å². The molecule has 0 saturated heterocycles. The average Bonchev–Trinajstić information content (AvgIpc) is 2.63. The number of rotatable bonds is 9. The molecule has 2 aromatic carbocycles. The van der Waals surface area contributed by atoms with E-state index in [0.717, 1.165) is 16.7 Å². The van der Waals surface area contributed by atoms with Crippen LogP contribution in [0.2, 0.25) is 0 Å². The molecule has 0 bridgehead atoms. The molecule has 2 rings (SSSR count). The number of aryl methyl sites for hydroxylation is 2. The Labute approximate surface area is 160 Å². The Hall–Kier alpha value is -3.02. The molecule has 0 radical (unpaired) electrons. The third-order valence-electron chi connectivity index (χ3n) is 3.66. The number of carbonyl (C=O) groups excluding carboxylic acids is 1. The quantitative estimate of drug-likeness (QED) is 0.541. The van der Waals surface area contributed by atoms with Gasteiger partial charge in [-0.3, -0.25) is 4.79 Å². The van der Waals surface area contributed by atoms with Gasteiger partial charge in [0.05, 0.1) is 19.4 Å². The minimum Gasteiger partial charge on any atom is -0.490 e. The second-order valence-corrected chi connectivity index (χ2v) is 5.92. The van der Waals surface area contributed by atoms with Gasteiger partial charge < -0.3 is 14.2 Å². The predicted molar refractivity (Wildman–Crippen MR) is 106 cm³/mol. The van der Waals surface area contributed by atoms with E-state index in [-0.39, 0.29) is 12.5 Å². The van der Waals surface area contributed by atoms with E-state index in [9.17, 15) is 4.79 Å². The van der Waals surface area contributed by atoms with Crippen LogP contribution in [0.3, 0.4) is 0 Å². The largest absolute Gasteiger partial charge is 0.490 e. The van der Waals surface area contributed by atoms with Crippen LogP contribution in [0.25, 0.3) is 0 Å². The van der Waals surface area contributed by atoms with Gasteiger partial charge in [0.1, 0.15) is 5.75 Å². The fourth-order valence-electron chi connectivity index (χ4n) is 2.46. The molecule has 0 atom stereocenters. The molecule has 0 spiro atoms. The molecule has 0 saturated carbocycles. The second-order valence-electron chi connectivity index (χ2n) is 5.92. The van der Waals surface area contributed by atoms with E-state index in [2.05, 4.69) is 10.5 Å². The van der Waals surface area contributed by atoms with Gasteiger partial charge in [0.2, 0.25) is 0 Å². The van der Waals surface area contributed by atoms with E-state index in [4.69, 9.17) is 14.2 Å². The number of hydrogen-bond donors (Lipinski definition) is 1. The molecular formula is C21H26N2O4. The van der Waals surface area contributed by atoms with Crippen molar-refractivity contribution in [2.45, 2.75) is 27.7 Å². The molecule has 0 unspecified atom stereocenters. The lowest BCUT2D eigenvalue weighted by molar-refractivity contribution is -0.123. The maximum atomic E-state index is 11.9. The van der Waals surface area contributed by atoms with E-state index in [1.807, 2.05) is 64.1 Å². The molecule has 144 valence electrons. The van der Waals surface area contributed by atoms with Crippen molar-refractivity contribution in [3.63, 3.8) is 0 Å². The zero-order chi connectivity index (χ0) is 19.6. The lowest BCUT2D eigenvalue weighted by Crippen LogP contribution is -2.24. The van der Waals surface area contributed by atoms with Crippen LogP contribution in [-0.4, -0.2) is 31.9 Å². The third kappa shape index (κ3) is 6.33. The summed E-state index contributed by atoms with van der Waals surface area (Å²) in [7, 11) is 0. The summed E-state index contributed by atoms with van der Waals surface area (Å²) in [4.78, 5) is 11.9. The molecule has 0 aliphatic rings. The number of amides is 1. The van der Waals surface area contributed by atoms with Gasteiger partial charge in [-0.15, -0.1) is 0 Å². The number of hydrazone groups is 1. The highest BCUT2D eigenvalue weighted by molar-refractivity contribution is 5.83. The molecule has 2 aromatic rings. The van der Waals surface area contributed by atoms with Crippen LogP contribution in [0.15, 0.2) is 41.5 Å². The third-order valence-corrected chi connectivity index (χ3v) is 3.66. The Morgan fingerprint density at radius 3 is 2.37 bits per heavy atom. The Balaban J connectivity index is 1.90. The van der Waals surface area contributed by atoms with Crippen LogP contribution in [0.1, 0.15) is 30.5 Å². The number of carbonyl (C=O) groups is 1. The van der Waals surface area contributed by atoms with Gasteiger partial charge >= 0.3 is 0 Å². The standard InChI is InChI=1S/C21H26N2O4/c1-5-25-19-10-8-17(12-20(19)26-6-2)13-22-23-21(24)14-27-18-9-7-15(3)11-16(18)4/h7-13H,5-6,14H2,1-4H3,(H,23,24). The normalized spacial score (nSPS) is 10.7. The van der Waals surface area contributed by atoms with Crippen molar-refractivity contribution in [3.05, 3.63) is 53.1 Å². The van der Waals surface area contributed by atoms with Crippen molar-refractivity contribution in [2.24, 2.45) is 5.10 Å². The van der Waals surface area contributed by atoms with Crippen molar-refractivity contribution in [3.8, 4) is 17.2 Å².